The number of amides is 1. The molecule has 5 rings (SSSR count). The van der Waals surface area contributed by atoms with Crippen LogP contribution in [0.5, 0.6) is 0 Å². The third-order valence-corrected chi connectivity index (χ3v) is 10.9. The Bertz CT molecular complexity index is 1370. The number of piperidine rings is 2. The lowest BCUT2D eigenvalue weighted by atomic mass is 9.97. The highest BCUT2D eigenvalue weighted by Gasteiger charge is 2.33. The first-order valence-electron chi connectivity index (χ1n) is 15.8. The van der Waals surface area contributed by atoms with E-state index in [1.807, 2.05) is 18.7 Å². The Labute approximate surface area is 257 Å². The van der Waals surface area contributed by atoms with E-state index in [0.29, 0.717) is 43.0 Å². The van der Waals surface area contributed by atoms with Crippen molar-refractivity contribution < 1.29 is 17.9 Å². The summed E-state index contributed by atoms with van der Waals surface area (Å²) in [6.45, 7) is 9.65. The maximum Gasteiger partial charge on any atom is 0.272 e. The molecule has 0 unspecified atom stereocenters. The van der Waals surface area contributed by atoms with Crippen LogP contribution in [0.3, 0.4) is 0 Å². The maximum atomic E-state index is 13.7. The van der Waals surface area contributed by atoms with Gasteiger partial charge in [0.05, 0.1) is 18.5 Å². The van der Waals surface area contributed by atoms with Gasteiger partial charge in [-0.1, -0.05) is 29.8 Å². The third kappa shape index (κ3) is 7.74. The molecule has 2 aromatic rings. The second kappa shape index (κ2) is 13.6. The molecule has 3 aliphatic heterocycles. The summed E-state index contributed by atoms with van der Waals surface area (Å²) in [6, 6.07) is 9.09. The molecule has 1 N–H and O–H groups in total. The van der Waals surface area contributed by atoms with Crippen LogP contribution in [0.2, 0.25) is 0 Å². The van der Waals surface area contributed by atoms with Crippen LogP contribution in [0.1, 0.15) is 84.1 Å². The van der Waals surface area contributed by atoms with Crippen molar-refractivity contribution in [2.24, 2.45) is 0 Å². The molecule has 1 aromatic carbocycles. The zero-order valence-corrected chi connectivity index (χ0v) is 27.2. The molecule has 236 valence electrons. The summed E-state index contributed by atoms with van der Waals surface area (Å²) in [7, 11) is -1.49. The van der Waals surface area contributed by atoms with Gasteiger partial charge >= 0.3 is 0 Å². The summed E-state index contributed by atoms with van der Waals surface area (Å²) >= 11 is 0. The Hall–Kier alpha value is -2.60. The van der Waals surface area contributed by atoms with Crippen molar-refractivity contribution in [3.05, 3.63) is 52.5 Å². The van der Waals surface area contributed by atoms with E-state index in [4.69, 9.17) is 4.74 Å². The van der Waals surface area contributed by atoms with Crippen LogP contribution in [0.25, 0.3) is 0 Å². The minimum Gasteiger partial charge on any atom is -0.368 e. The fraction of sp³-hybridized carbons (Fsp3) is 0.656. The highest BCUT2D eigenvalue weighted by Crippen LogP contribution is 2.32. The Morgan fingerprint density at radius 1 is 0.977 bits per heavy atom. The van der Waals surface area contributed by atoms with E-state index in [1.165, 1.54) is 21.7 Å². The minimum atomic E-state index is -3.17. The Morgan fingerprint density at radius 2 is 1.65 bits per heavy atom. The van der Waals surface area contributed by atoms with E-state index in [-0.39, 0.29) is 24.2 Å². The van der Waals surface area contributed by atoms with Crippen molar-refractivity contribution >= 4 is 21.7 Å². The largest absolute Gasteiger partial charge is 0.368 e. The van der Waals surface area contributed by atoms with Gasteiger partial charge in [0.1, 0.15) is 17.3 Å². The van der Waals surface area contributed by atoms with Crippen molar-refractivity contribution in [2.75, 3.05) is 51.3 Å². The fourth-order valence-electron chi connectivity index (χ4n) is 6.76. The van der Waals surface area contributed by atoms with Gasteiger partial charge in [0.15, 0.2) is 0 Å². The second-order valence-corrected chi connectivity index (χ2v) is 14.7. The van der Waals surface area contributed by atoms with Gasteiger partial charge in [-0.2, -0.15) is 0 Å². The number of aryl methyl sites for hydroxylation is 2. The highest BCUT2D eigenvalue weighted by atomic mass is 32.2. The molecule has 2 atom stereocenters. The average molecular weight is 613 g/mol. The lowest BCUT2D eigenvalue weighted by molar-refractivity contribution is -0.0442. The normalized spacial score (nSPS) is 23.1. The van der Waals surface area contributed by atoms with Crippen LogP contribution in [0.4, 0.5) is 5.82 Å². The molecule has 43 heavy (non-hydrogen) atoms. The molecular weight excluding hydrogens is 564 g/mol. The van der Waals surface area contributed by atoms with Gasteiger partial charge in [0.25, 0.3) is 5.91 Å². The zero-order chi connectivity index (χ0) is 30.7. The molecule has 3 aliphatic rings. The summed E-state index contributed by atoms with van der Waals surface area (Å²) in [6.07, 6.45) is 8.10. The molecule has 0 bridgehead atoms. The first-order valence-corrected chi connectivity index (χ1v) is 17.6. The van der Waals surface area contributed by atoms with E-state index in [1.54, 1.807) is 7.05 Å². The van der Waals surface area contributed by atoms with Crippen LogP contribution in [-0.2, 0) is 14.8 Å². The van der Waals surface area contributed by atoms with Gasteiger partial charge in [-0.15, -0.1) is 0 Å². The molecule has 0 radical (unpaired) electrons. The number of nitrogens with zero attached hydrogens (tertiary/aromatic N) is 5. The van der Waals surface area contributed by atoms with Gasteiger partial charge < -0.3 is 19.9 Å². The molecule has 0 aliphatic carbocycles. The number of ether oxygens (including phenoxy) is 1. The van der Waals surface area contributed by atoms with E-state index in [0.717, 1.165) is 63.6 Å². The lowest BCUT2D eigenvalue weighted by Crippen LogP contribution is -2.52. The third-order valence-electron chi connectivity index (χ3n) is 9.56. The lowest BCUT2D eigenvalue weighted by Gasteiger charge is -2.43. The SMILES string of the molecule is Cc1ccc([C@@H]2CCC[C@H](CNc3nc(C)nc(C(=O)N4CCC(N5CCC(N(C)S(C)(=O)=O)CC5)CC4)c3C)O2)cc1. The van der Waals surface area contributed by atoms with Crippen LogP contribution in [0.15, 0.2) is 24.3 Å². The molecule has 11 heteroatoms. The molecule has 1 amide bonds. The van der Waals surface area contributed by atoms with Gasteiger partial charge in [0, 0.05) is 44.3 Å². The van der Waals surface area contributed by atoms with E-state index >= 15 is 0 Å². The number of anilines is 1. The number of aromatic nitrogens is 2. The monoisotopic (exact) mass is 612 g/mol. The molecular formula is C32H48N6O4S. The number of likely N-dealkylation sites (tertiary alicyclic amines) is 2. The van der Waals surface area contributed by atoms with Gasteiger partial charge in [0.2, 0.25) is 10.0 Å². The van der Waals surface area contributed by atoms with E-state index in [9.17, 15) is 13.2 Å². The quantitative estimate of drug-likeness (QED) is 0.475. The van der Waals surface area contributed by atoms with Gasteiger partial charge in [-0.05, 0) is 84.4 Å². The molecule has 0 spiro atoms. The molecule has 10 nitrogen and oxygen atoms in total. The number of carbonyl (C=O) groups excluding carboxylic acids is 1. The van der Waals surface area contributed by atoms with Crippen molar-refractivity contribution in [3.8, 4) is 0 Å². The summed E-state index contributed by atoms with van der Waals surface area (Å²) in [5.74, 6) is 1.25. The number of nitrogens with one attached hydrogen (secondary N) is 1. The summed E-state index contributed by atoms with van der Waals surface area (Å²) in [5, 5.41) is 3.48. The van der Waals surface area contributed by atoms with E-state index in [2.05, 4.69) is 51.4 Å². The minimum absolute atomic E-state index is 0.0358. The smallest absolute Gasteiger partial charge is 0.272 e. The predicted molar refractivity (Wildman–Crippen MR) is 169 cm³/mol. The van der Waals surface area contributed by atoms with E-state index < -0.39 is 10.0 Å². The van der Waals surface area contributed by atoms with Crippen LogP contribution < -0.4 is 5.32 Å². The zero-order valence-electron chi connectivity index (χ0n) is 26.4. The molecule has 4 heterocycles. The summed E-state index contributed by atoms with van der Waals surface area (Å²) < 4.78 is 31.8. The molecule has 3 saturated heterocycles. The maximum absolute atomic E-state index is 13.7. The summed E-state index contributed by atoms with van der Waals surface area (Å²) in [5.41, 5.74) is 3.73. The molecule has 0 saturated carbocycles. The number of benzene rings is 1. The van der Waals surface area contributed by atoms with Crippen molar-refractivity contribution in [1.82, 2.24) is 24.1 Å². The predicted octanol–water partition coefficient (Wildman–Crippen LogP) is 4.08. The molecule has 1 aromatic heterocycles. The van der Waals surface area contributed by atoms with Crippen LogP contribution >= 0.6 is 0 Å². The molecule has 3 fully saturated rings. The first-order chi connectivity index (χ1) is 20.5. The Morgan fingerprint density at radius 3 is 2.30 bits per heavy atom. The summed E-state index contributed by atoms with van der Waals surface area (Å²) in [4.78, 5) is 27.3. The standard InChI is InChI=1S/C32H48N6O4S/c1-22-9-11-25(12-10-22)29-8-6-7-28(42-29)21-33-31-23(2)30(34-24(3)35-31)32(39)38-19-15-27(16-20-38)37-17-13-26(14-18-37)36(4)43(5,40)41/h9-12,26-29H,6-8,13-21H2,1-5H3,(H,33,34,35)/t28-,29+/m1/s1. The second-order valence-electron chi connectivity index (χ2n) is 12.6. The number of hydrogen-bond donors (Lipinski definition) is 1. The average Bonchev–Trinajstić information content (AvgIpc) is 3.01. The fourth-order valence-corrected chi connectivity index (χ4v) is 7.52. The number of rotatable bonds is 8. The van der Waals surface area contributed by atoms with Crippen LogP contribution in [-0.4, -0.2) is 103 Å². The number of carbonyl (C=O) groups is 1. The number of hydrogen-bond acceptors (Lipinski definition) is 8. The van der Waals surface area contributed by atoms with Crippen molar-refractivity contribution in [3.63, 3.8) is 0 Å². The Balaban J connectivity index is 1.14. The van der Waals surface area contributed by atoms with Crippen molar-refractivity contribution in [1.29, 1.82) is 0 Å². The van der Waals surface area contributed by atoms with Crippen LogP contribution in [0, 0.1) is 20.8 Å². The van der Waals surface area contributed by atoms with Gasteiger partial charge in [-0.3, -0.25) is 4.79 Å². The topological polar surface area (TPSA) is 108 Å². The number of sulfonamides is 1. The first kappa shape index (κ1) is 31.8. The van der Waals surface area contributed by atoms with Gasteiger partial charge in [-0.25, -0.2) is 22.7 Å². The Kier molecular flexibility index (Phi) is 10.0. The highest BCUT2D eigenvalue weighted by molar-refractivity contribution is 7.88. The van der Waals surface area contributed by atoms with Crippen molar-refractivity contribution in [2.45, 2.75) is 90.0 Å².